The van der Waals surface area contributed by atoms with Gasteiger partial charge in [-0.1, -0.05) is 19.1 Å². The molecule has 0 aromatic heterocycles. The first-order chi connectivity index (χ1) is 8.65. The molecule has 0 aliphatic carbocycles. The largest absolute Gasteiger partial charge is 0.478 e. The Hall–Kier alpha value is -1.51. The predicted octanol–water partition coefficient (Wildman–Crippen LogP) is 3.46. The van der Waals surface area contributed by atoms with Crippen LogP contribution >= 0.6 is 0 Å². The number of hydrogen-bond donors (Lipinski definition) is 1. The maximum Gasteiger partial charge on any atom is 0.337 e. The lowest BCUT2D eigenvalue weighted by molar-refractivity contribution is 0.0697. The summed E-state index contributed by atoms with van der Waals surface area (Å²) in [4.78, 5) is 13.7. The molecule has 1 aromatic carbocycles. The molecule has 1 saturated heterocycles. The fraction of sp³-hybridized carbons (Fsp3) is 0.533. The summed E-state index contributed by atoms with van der Waals surface area (Å²) < 4.78 is 0. The van der Waals surface area contributed by atoms with E-state index in [1.54, 1.807) is 6.07 Å². The zero-order valence-electron chi connectivity index (χ0n) is 11.1. The van der Waals surface area contributed by atoms with E-state index in [-0.39, 0.29) is 0 Å². The Balaban J connectivity index is 2.44. The highest BCUT2D eigenvalue weighted by Crippen LogP contribution is 2.32. The molecule has 0 radical (unpaired) electrons. The van der Waals surface area contributed by atoms with E-state index in [4.69, 9.17) is 0 Å². The van der Waals surface area contributed by atoms with E-state index in [1.807, 2.05) is 19.1 Å². The maximum atomic E-state index is 11.4. The zero-order chi connectivity index (χ0) is 13.1. The molecule has 0 saturated carbocycles. The second-order valence-corrected chi connectivity index (χ2v) is 5.03. The maximum absolute atomic E-state index is 11.4. The number of benzene rings is 1. The number of carbonyl (C=O) groups is 1. The minimum atomic E-state index is -0.825. The quantitative estimate of drug-likeness (QED) is 0.889. The molecule has 18 heavy (non-hydrogen) atoms. The predicted molar refractivity (Wildman–Crippen MR) is 73.4 cm³/mol. The van der Waals surface area contributed by atoms with Crippen molar-refractivity contribution < 1.29 is 9.90 Å². The Labute approximate surface area is 108 Å². The zero-order valence-corrected chi connectivity index (χ0v) is 11.1. The van der Waals surface area contributed by atoms with Crippen molar-refractivity contribution in [2.75, 3.05) is 11.4 Å². The average Bonchev–Trinajstić information content (AvgIpc) is 2.38. The molecule has 2 rings (SSSR count). The van der Waals surface area contributed by atoms with Crippen molar-refractivity contribution in [1.82, 2.24) is 0 Å². The highest BCUT2D eigenvalue weighted by Gasteiger charge is 2.25. The molecule has 0 bridgehead atoms. The molecule has 1 aliphatic rings. The first kappa shape index (κ1) is 12.9. The molecular weight excluding hydrogens is 226 g/mol. The molecule has 1 heterocycles. The number of nitrogens with zero attached hydrogens (tertiary/aromatic N) is 1. The Morgan fingerprint density at radius 1 is 1.44 bits per heavy atom. The third-order valence-electron chi connectivity index (χ3n) is 3.85. The number of para-hydroxylation sites is 1. The van der Waals surface area contributed by atoms with Crippen LogP contribution < -0.4 is 4.90 Å². The topological polar surface area (TPSA) is 40.5 Å². The number of carboxylic acid groups (broad SMARTS) is 1. The van der Waals surface area contributed by atoms with Crippen LogP contribution in [0.25, 0.3) is 0 Å². The van der Waals surface area contributed by atoms with Gasteiger partial charge in [-0.3, -0.25) is 0 Å². The number of piperidine rings is 1. The lowest BCUT2D eigenvalue weighted by atomic mass is 9.96. The van der Waals surface area contributed by atoms with Crippen LogP contribution in [0.15, 0.2) is 18.2 Å². The first-order valence-corrected chi connectivity index (χ1v) is 6.74. The van der Waals surface area contributed by atoms with Crippen LogP contribution in [0.2, 0.25) is 0 Å². The standard InChI is InChI=1S/C15H21NO2/c1-3-12-8-4-5-10-16(12)14-11(2)7-6-9-13(14)15(17)18/h6-7,9,12H,3-5,8,10H2,1-2H3,(H,17,18). The number of carboxylic acids is 1. The second-order valence-electron chi connectivity index (χ2n) is 5.03. The number of rotatable bonds is 3. The SMILES string of the molecule is CCC1CCCCN1c1c(C)cccc1C(=O)O. The highest BCUT2D eigenvalue weighted by atomic mass is 16.4. The van der Waals surface area contributed by atoms with Gasteiger partial charge in [0, 0.05) is 12.6 Å². The number of aryl methyl sites for hydroxylation is 1. The van der Waals surface area contributed by atoms with Gasteiger partial charge in [0.15, 0.2) is 0 Å². The van der Waals surface area contributed by atoms with Gasteiger partial charge in [0.2, 0.25) is 0 Å². The summed E-state index contributed by atoms with van der Waals surface area (Å²) in [6.07, 6.45) is 4.66. The van der Waals surface area contributed by atoms with Gasteiger partial charge in [0.05, 0.1) is 11.3 Å². The smallest absolute Gasteiger partial charge is 0.337 e. The fourth-order valence-corrected chi connectivity index (χ4v) is 2.93. The van der Waals surface area contributed by atoms with Gasteiger partial charge in [-0.2, -0.15) is 0 Å². The van der Waals surface area contributed by atoms with Gasteiger partial charge >= 0.3 is 5.97 Å². The molecule has 0 spiro atoms. The Kier molecular flexibility index (Phi) is 3.90. The van der Waals surface area contributed by atoms with Crippen LogP contribution in [-0.2, 0) is 0 Å². The van der Waals surface area contributed by atoms with Gasteiger partial charge in [-0.25, -0.2) is 4.79 Å². The van der Waals surface area contributed by atoms with Crippen LogP contribution in [0.4, 0.5) is 5.69 Å². The molecular formula is C15H21NO2. The van der Waals surface area contributed by atoms with Crippen LogP contribution in [0.1, 0.15) is 48.5 Å². The molecule has 1 unspecified atom stereocenters. The summed E-state index contributed by atoms with van der Waals surface area (Å²) in [7, 11) is 0. The molecule has 1 atom stereocenters. The van der Waals surface area contributed by atoms with Crippen molar-refractivity contribution in [3.8, 4) is 0 Å². The van der Waals surface area contributed by atoms with Crippen LogP contribution in [0, 0.1) is 6.92 Å². The molecule has 1 N–H and O–H groups in total. The number of anilines is 1. The van der Waals surface area contributed by atoms with Crippen LogP contribution in [0.5, 0.6) is 0 Å². The van der Waals surface area contributed by atoms with Gasteiger partial charge in [0.1, 0.15) is 0 Å². The van der Waals surface area contributed by atoms with Crippen molar-refractivity contribution in [2.24, 2.45) is 0 Å². The van der Waals surface area contributed by atoms with Gasteiger partial charge in [0.25, 0.3) is 0 Å². The molecule has 3 nitrogen and oxygen atoms in total. The molecule has 1 aromatic rings. The van der Waals surface area contributed by atoms with Crippen molar-refractivity contribution in [3.63, 3.8) is 0 Å². The van der Waals surface area contributed by atoms with E-state index in [9.17, 15) is 9.90 Å². The van der Waals surface area contributed by atoms with Gasteiger partial charge in [-0.05, 0) is 44.2 Å². The summed E-state index contributed by atoms with van der Waals surface area (Å²) in [5.41, 5.74) is 2.43. The minimum Gasteiger partial charge on any atom is -0.478 e. The van der Waals surface area contributed by atoms with E-state index in [0.717, 1.165) is 30.6 Å². The van der Waals surface area contributed by atoms with Crippen LogP contribution in [-0.4, -0.2) is 23.7 Å². The van der Waals surface area contributed by atoms with Crippen molar-refractivity contribution in [1.29, 1.82) is 0 Å². The van der Waals surface area contributed by atoms with Crippen LogP contribution in [0.3, 0.4) is 0 Å². The summed E-state index contributed by atoms with van der Waals surface area (Å²) in [6, 6.07) is 6.03. The van der Waals surface area contributed by atoms with Gasteiger partial charge < -0.3 is 10.0 Å². The van der Waals surface area contributed by atoms with Crippen molar-refractivity contribution >= 4 is 11.7 Å². The molecule has 98 valence electrons. The summed E-state index contributed by atoms with van der Waals surface area (Å²) in [5, 5.41) is 9.35. The van der Waals surface area contributed by atoms with E-state index in [1.165, 1.54) is 12.8 Å². The highest BCUT2D eigenvalue weighted by molar-refractivity contribution is 5.95. The van der Waals surface area contributed by atoms with E-state index in [2.05, 4.69) is 11.8 Å². The number of hydrogen-bond acceptors (Lipinski definition) is 2. The summed E-state index contributed by atoms with van der Waals surface area (Å²) in [6.45, 7) is 5.16. The number of aromatic carboxylic acids is 1. The monoisotopic (exact) mass is 247 g/mol. The minimum absolute atomic E-state index is 0.440. The molecule has 3 heteroatoms. The lowest BCUT2D eigenvalue weighted by Crippen LogP contribution is -2.40. The average molecular weight is 247 g/mol. The molecule has 1 fully saturated rings. The third kappa shape index (κ3) is 2.35. The Morgan fingerprint density at radius 3 is 2.89 bits per heavy atom. The van der Waals surface area contributed by atoms with Crippen molar-refractivity contribution in [3.05, 3.63) is 29.3 Å². The second kappa shape index (κ2) is 5.42. The Bertz CT molecular complexity index is 442. The summed E-state index contributed by atoms with van der Waals surface area (Å²) in [5.74, 6) is -0.825. The summed E-state index contributed by atoms with van der Waals surface area (Å²) >= 11 is 0. The van der Waals surface area contributed by atoms with E-state index >= 15 is 0 Å². The van der Waals surface area contributed by atoms with E-state index < -0.39 is 5.97 Å². The lowest BCUT2D eigenvalue weighted by Gasteiger charge is -2.38. The first-order valence-electron chi connectivity index (χ1n) is 6.74. The molecule has 1 aliphatic heterocycles. The van der Waals surface area contributed by atoms with E-state index in [0.29, 0.717) is 11.6 Å². The van der Waals surface area contributed by atoms with Gasteiger partial charge in [-0.15, -0.1) is 0 Å². The third-order valence-corrected chi connectivity index (χ3v) is 3.85. The fourth-order valence-electron chi connectivity index (χ4n) is 2.93. The normalized spacial score (nSPS) is 19.9. The molecule has 0 amide bonds. The Morgan fingerprint density at radius 2 is 2.22 bits per heavy atom. The van der Waals surface area contributed by atoms with Crippen molar-refractivity contribution in [2.45, 2.75) is 45.6 Å².